The van der Waals surface area contributed by atoms with Crippen LogP contribution in [0.2, 0.25) is 5.02 Å². The quantitative estimate of drug-likeness (QED) is 0.259. The average molecular weight is 558 g/mol. The number of carbonyl (C=O) groups excluding carboxylic acids is 1. The zero-order chi connectivity index (χ0) is 27.6. The van der Waals surface area contributed by atoms with Gasteiger partial charge in [-0.05, 0) is 29.8 Å². The topological polar surface area (TPSA) is 64.1 Å². The number of esters is 1. The van der Waals surface area contributed by atoms with E-state index in [0.717, 1.165) is 36.7 Å². The van der Waals surface area contributed by atoms with Gasteiger partial charge in [0.25, 0.3) is 0 Å². The maximum absolute atomic E-state index is 13.1. The summed E-state index contributed by atoms with van der Waals surface area (Å²) in [6.07, 6.45) is -15.8. The first-order valence-electron chi connectivity index (χ1n) is 9.93. The Bertz CT molecular complexity index is 1280. The SMILES string of the molecule is O=C(OC(CNc1cc(-c2ccc(C(F)(F)F)c(Cl)c2)ncn1)c1cccc(C(F)(F)F)c1)C(F)(F)F. The smallest absolute Gasteiger partial charge is 0.449 e. The fourth-order valence-electron chi connectivity index (χ4n) is 3.05. The lowest BCUT2D eigenvalue weighted by atomic mass is 10.1. The molecule has 198 valence electrons. The first-order chi connectivity index (χ1) is 17.1. The zero-order valence-electron chi connectivity index (χ0n) is 18.0. The van der Waals surface area contributed by atoms with Crippen LogP contribution in [0.4, 0.5) is 45.3 Å². The van der Waals surface area contributed by atoms with Crippen LogP contribution < -0.4 is 5.32 Å². The van der Waals surface area contributed by atoms with Gasteiger partial charge in [0.05, 0.1) is 28.4 Å². The molecule has 0 fully saturated rings. The van der Waals surface area contributed by atoms with Crippen molar-refractivity contribution < 1.29 is 49.0 Å². The number of hydrogen-bond donors (Lipinski definition) is 1. The van der Waals surface area contributed by atoms with E-state index in [9.17, 15) is 44.3 Å². The molecule has 3 rings (SSSR count). The van der Waals surface area contributed by atoms with Gasteiger partial charge in [-0.25, -0.2) is 14.8 Å². The summed E-state index contributed by atoms with van der Waals surface area (Å²) < 4.78 is 121. The van der Waals surface area contributed by atoms with E-state index in [1.807, 2.05) is 0 Å². The van der Waals surface area contributed by atoms with Crippen molar-refractivity contribution in [2.75, 3.05) is 11.9 Å². The average Bonchev–Trinajstić information content (AvgIpc) is 2.79. The van der Waals surface area contributed by atoms with Crippen molar-refractivity contribution in [3.63, 3.8) is 0 Å². The van der Waals surface area contributed by atoms with Crippen LogP contribution in [0.1, 0.15) is 22.8 Å². The number of ether oxygens (including phenoxy) is 1. The molecule has 0 aliphatic rings. The minimum atomic E-state index is -5.41. The summed E-state index contributed by atoms with van der Waals surface area (Å²) in [4.78, 5) is 19.1. The number of anilines is 1. The minimum absolute atomic E-state index is 0.0658. The predicted molar refractivity (Wildman–Crippen MR) is 112 cm³/mol. The number of halogens is 10. The second-order valence-corrected chi connectivity index (χ2v) is 7.78. The normalized spacial score (nSPS) is 13.2. The number of nitrogens with one attached hydrogen (secondary N) is 1. The third-order valence-electron chi connectivity index (χ3n) is 4.77. The van der Waals surface area contributed by atoms with Crippen LogP contribution in [0.25, 0.3) is 11.3 Å². The molecule has 2 aromatic carbocycles. The standard InChI is InChI=1S/C22H13ClF9N3O2/c23-15-7-11(4-5-14(15)21(27,28)29)16-8-18(35-10-34-16)33-9-17(37-19(36)22(30,31)32)12-2-1-3-13(6-12)20(24,25)26/h1-8,10,17H,9H2,(H,33,34,35). The Kier molecular flexibility index (Phi) is 7.91. The Labute approximate surface area is 207 Å². The van der Waals surface area contributed by atoms with Crippen molar-refractivity contribution in [1.82, 2.24) is 9.97 Å². The summed E-state index contributed by atoms with van der Waals surface area (Å²) >= 11 is 5.70. The highest BCUT2D eigenvalue weighted by atomic mass is 35.5. The van der Waals surface area contributed by atoms with Gasteiger partial charge in [0.2, 0.25) is 0 Å². The number of aromatic nitrogens is 2. The van der Waals surface area contributed by atoms with E-state index in [1.54, 1.807) is 0 Å². The van der Waals surface area contributed by atoms with E-state index in [0.29, 0.717) is 12.1 Å². The highest BCUT2D eigenvalue weighted by molar-refractivity contribution is 6.31. The molecular formula is C22H13ClF9N3O2. The lowest BCUT2D eigenvalue weighted by Crippen LogP contribution is -2.29. The Morgan fingerprint density at radius 3 is 2.22 bits per heavy atom. The molecule has 0 spiro atoms. The molecule has 15 heteroatoms. The molecule has 1 aromatic heterocycles. The minimum Gasteiger partial charge on any atom is -0.449 e. The second kappa shape index (κ2) is 10.4. The molecule has 1 unspecified atom stereocenters. The van der Waals surface area contributed by atoms with E-state index < -0.39 is 53.3 Å². The first kappa shape index (κ1) is 28.0. The molecule has 1 atom stereocenters. The third-order valence-corrected chi connectivity index (χ3v) is 5.09. The van der Waals surface area contributed by atoms with Crippen molar-refractivity contribution in [3.8, 4) is 11.3 Å². The van der Waals surface area contributed by atoms with Gasteiger partial charge in [-0.15, -0.1) is 0 Å². The van der Waals surface area contributed by atoms with Crippen molar-refractivity contribution >= 4 is 23.4 Å². The van der Waals surface area contributed by atoms with Gasteiger partial charge >= 0.3 is 24.5 Å². The Morgan fingerprint density at radius 2 is 1.62 bits per heavy atom. The summed E-state index contributed by atoms with van der Waals surface area (Å²) in [6, 6.07) is 7.20. The van der Waals surface area contributed by atoms with Crippen LogP contribution >= 0.6 is 11.6 Å². The van der Waals surface area contributed by atoms with Gasteiger partial charge in [0.15, 0.2) is 0 Å². The number of rotatable bonds is 6. The molecule has 0 radical (unpaired) electrons. The van der Waals surface area contributed by atoms with Crippen LogP contribution in [0.15, 0.2) is 54.9 Å². The Morgan fingerprint density at radius 1 is 0.919 bits per heavy atom. The summed E-state index contributed by atoms with van der Waals surface area (Å²) in [7, 11) is 0. The van der Waals surface area contributed by atoms with Gasteiger partial charge in [0.1, 0.15) is 18.2 Å². The fraction of sp³-hybridized carbons (Fsp3) is 0.227. The maximum atomic E-state index is 13.1. The van der Waals surface area contributed by atoms with Gasteiger partial charge in [-0.1, -0.05) is 29.8 Å². The van der Waals surface area contributed by atoms with Crippen molar-refractivity contribution in [2.45, 2.75) is 24.6 Å². The maximum Gasteiger partial charge on any atom is 0.490 e. The van der Waals surface area contributed by atoms with E-state index in [4.69, 9.17) is 11.6 Å². The van der Waals surface area contributed by atoms with Gasteiger partial charge in [-0.2, -0.15) is 39.5 Å². The molecule has 0 bridgehead atoms. The largest absolute Gasteiger partial charge is 0.490 e. The van der Waals surface area contributed by atoms with E-state index in [2.05, 4.69) is 20.0 Å². The first-order valence-corrected chi connectivity index (χ1v) is 10.3. The molecular weight excluding hydrogens is 545 g/mol. The number of alkyl halides is 9. The molecule has 5 nitrogen and oxygen atoms in total. The number of benzene rings is 2. The molecule has 0 saturated carbocycles. The van der Waals surface area contributed by atoms with Crippen molar-refractivity contribution in [1.29, 1.82) is 0 Å². The molecule has 1 heterocycles. The molecule has 0 aliphatic heterocycles. The predicted octanol–water partition coefficient (Wildman–Crippen LogP) is 7.09. The van der Waals surface area contributed by atoms with E-state index >= 15 is 0 Å². The van der Waals surface area contributed by atoms with Crippen molar-refractivity contribution in [2.24, 2.45) is 0 Å². The molecule has 0 saturated heterocycles. The molecule has 0 aliphatic carbocycles. The van der Waals surface area contributed by atoms with Crippen LogP contribution in [0.5, 0.6) is 0 Å². The van der Waals surface area contributed by atoms with E-state index in [1.165, 1.54) is 6.07 Å². The van der Waals surface area contributed by atoms with Crippen LogP contribution in [-0.4, -0.2) is 28.7 Å². The Balaban J connectivity index is 1.87. The van der Waals surface area contributed by atoms with Crippen LogP contribution in [0.3, 0.4) is 0 Å². The Hall–Kier alpha value is -3.55. The number of nitrogens with zero attached hydrogens (tertiary/aromatic N) is 2. The third kappa shape index (κ3) is 7.24. The van der Waals surface area contributed by atoms with E-state index in [-0.39, 0.29) is 22.6 Å². The second-order valence-electron chi connectivity index (χ2n) is 7.38. The summed E-state index contributed by atoms with van der Waals surface area (Å²) in [6.45, 7) is -0.645. The van der Waals surface area contributed by atoms with Gasteiger partial charge in [-0.3, -0.25) is 0 Å². The van der Waals surface area contributed by atoms with Gasteiger partial charge < -0.3 is 10.1 Å². The summed E-state index contributed by atoms with van der Waals surface area (Å²) in [5.41, 5.74) is -2.44. The molecule has 1 N–H and O–H groups in total. The highest BCUT2D eigenvalue weighted by Crippen LogP contribution is 2.37. The fourth-order valence-corrected chi connectivity index (χ4v) is 3.34. The molecule has 0 amide bonds. The van der Waals surface area contributed by atoms with Crippen LogP contribution in [0, 0.1) is 0 Å². The monoisotopic (exact) mass is 557 g/mol. The van der Waals surface area contributed by atoms with Crippen molar-refractivity contribution in [3.05, 3.63) is 76.6 Å². The lowest BCUT2D eigenvalue weighted by molar-refractivity contribution is -0.204. The summed E-state index contributed by atoms with van der Waals surface area (Å²) in [5.74, 6) is -2.71. The molecule has 3 aromatic rings. The lowest BCUT2D eigenvalue weighted by Gasteiger charge is -2.21. The highest BCUT2D eigenvalue weighted by Gasteiger charge is 2.43. The molecule has 37 heavy (non-hydrogen) atoms. The van der Waals surface area contributed by atoms with Crippen LogP contribution in [-0.2, 0) is 21.9 Å². The summed E-state index contributed by atoms with van der Waals surface area (Å²) in [5, 5.41) is 1.92. The van der Waals surface area contributed by atoms with Gasteiger partial charge in [0, 0.05) is 11.6 Å². The number of hydrogen-bond acceptors (Lipinski definition) is 5. The number of carbonyl (C=O) groups is 1. The zero-order valence-corrected chi connectivity index (χ0v) is 18.7.